The Kier molecular flexibility index (Phi) is 6.53. The third kappa shape index (κ3) is 5.03. The van der Waals surface area contributed by atoms with E-state index in [2.05, 4.69) is 5.32 Å². The summed E-state index contributed by atoms with van der Waals surface area (Å²) in [5, 5.41) is 3.37. The maximum absolute atomic E-state index is 12.4. The van der Waals surface area contributed by atoms with Crippen LogP contribution in [-0.2, 0) is 16.0 Å². The number of nitrogens with one attached hydrogen (secondary N) is 1. The summed E-state index contributed by atoms with van der Waals surface area (Å²) in [6, 6.07) is 9.58. The number of aryl methyl sites for hydroxylation is 1. The highest BCUT2D eigenvalue weighted by atomic mass is 32.1. The number of hydrogen-bond donors (Lipinski definition) is 1. The summed E-state index contributed by atoms with van der Waals surface area (Å²) < 4.78 is 5.34. The fourth-order valence-electron chi connectivity index (χ4n) is 2.47. The highest BCUT2D eigenvalue weighted by Gasteiger charge is 2.23. The maximum Gasteiger partial charge on any atom is 0.341 e. The molecule has 1 N–H and O–H groups in total. The second-order valence-corrected chi connectivity index (χ2v) is 7.11. The Morgan fingerprint density at radius 2 is 1.92 bits per heavy atom. The molecule has 132 valence electrons. The van der Waals surface area contributed by atoms with Gasteiger partial charge in [0.15, 0.2) is 0 Å². The molecular weight excluding hydrogens is 334 g/mol. The van der Waals surface area contributed by atoms with Crippen LogP contribution in [0, 0.1) is 6.92 Å². The molecule has 5 heteroatoms. The standard InChI is InChI=1S/C20H23NO3S/c1-5-16-14(4)25-19(18(16)20(23)24-13(2)3)21-17(22)12-11-15-9-7-6-8-10-15/h6-13H,5H2,1-4H3,(H,21,22). The Labute approximate surface area is 152 Å². The van der Waals surface area contributed by atoms with Crippen molar-refractivity contribution in [1.29, 1.82) is 0 Å². The normalized spacial score (nSPS) is 11.1. The van der Waals surface area contributed by atoms with E-state index < -0.39 is 5.97 Å². The van der Waals surface area contributed by atoms with E-state index >= 15 is 0 Å². The topological polar surface area (TPSA) is 55.4 Å². The first-order valence-corrected chi connectivity index (χ1v) is 9.11. The van der Waals surface area contributed by atoms with Crippen molar-refractivity contribution in [2.24, 2.45) is 0 Å². The molecule has 0 aliphatic heterocycles. The average Bonchev–Trinajstić information content (AvgIpc) is 2.88. The molecule has 0 radical (unpaired) electrons. The first-order chi connectivity index (χ1) is 11.9. The van der Waals surface area contributed by atoms with E-state index in [0.29, 0.717) is 17.0 Å². The number of carbonyl (C=O) groups is 2. The third-order valence-electron chi connectivity index (χ3n) is 3.57. The zero-order chi connectivity index (χ0) is 18.4. The van der Waals surface area contributed by atoms with Crippen molar-refractivity contribution < 1.29 is 14.3 Å². The van der Waals surface area contributed by atoms with Crippen molar-refractivity contribution in [2.45, 2.75) is 40.2 Å². The van der Waals surface area contributed by atoms with Crippen molar-refractivity contribution in [1.82, 2.24) is 0 Å². The van der Waals surface area contributed by atoms with E-state index in [1.165, 1.54) is 17.4 Å². The zero-order valence-corrected chi connectivity index (χ0v) is 15.8. The number of benzene rings is 1. The summed E-state index contributed by atoms with van der Waals surface area (Å²) in [6.45, 7) is 7.56. The van der Waals surface area contributed by atoms with Gasteiger partial charge in [0.2, 0.25) is 5.91 Å². The number of carbonyl (C=O) groups excluding carboxylic acids is 2. The van der Waals surface area contributed by atoms with Crippen LogP contribution in [0.1, 0.15) is 47.1 Å². The van der Waals surface area contributed by atoms with Crippen molar-refractivity contribution in [3.63, 3.8) is 0 Å². The van der Waals surface area contributed by atoms with Gasteiger partial charge in [-0.15, -0.1) is 11.3 Å². The van der Waals surface area contributed by atoms with Gasteiger partial charge in [-0.05, 0) is 44.4 Å². The van der Waals surface area contributed by atoms with Gasteiger partial charge in [0.25, 0.3) is 0 Å². The molecule has 25 heavy (non-hydrogen) atoms. The van der Waals surface area contributed by atoms with Crippen LogP contribution in [0.15, 0.2) is 36.4 Å². The zero-order valence-electron chi connectivity index (χ0n) is 15.0. The molecule has 0 aliphatic carbocycles. The summed E-state index contributed by atoms with van der Waals surface area (Å²) in [4.78, 5) is 25.7. The predicted octanol–water partition coefficient (Wildman–Crippen LogP) is 4.84. The van der Waals surface area contributed by atoms with Crippen LogP contribution in [0.5, 0.6) is 0 Å². The minimum Gasteiger partial charge on any atom is -0.459 e. The summed E-state index contributed by atoms with van der Waals surface area (Å²) in [6.07, 6.45) is 3.70. The van der Waals surface area contributed by atoms with Crippen LogP contribution in [0.3, 0.4) is 0 Å². The molecule has 2 aromatic rings. The number of esters is 1. The number of anilines is 1. The Morgan fingerprint density at radius 3 is 2.52 bits per heavy atom. The van der Waals surface area contributed by atoms with Crippen LogP contribution < -0.4 is 5.32 Å². The molecule has 0 spiro atoms. The van der Waals surface area contributed by atoms with Gasteiger partial charge in [-0.2, -0.15) is 0 Å². The van der Waals surface area contributed by atoms with Crippen LogP contribution in [0.25, 0.3) is 6.08 Å². The molecule has 0 fully saturated rings. The molecule has 1 heterocycles. The Morgan fingerprint density at radius 1 is 1.24 bits per heavy atom. The summed E-state index contributed by atoms with van der Waals surface area (Å²) in [5.41, 5.74) is 2.34. The molecule has 0 bridgehead atoms. The second kappa shape index (κ2) is 8.62. The van der Waals surface area contributed by atoms with Gasteiger partial charge >= 0.3 is 5.97 Å². The lowest BCUT2D eigenvalue weighted by molar-refractivity contribution is -0.111. The van der Waals surface area contributed by atoms with E-state index in [-0.39, 0.29) is 12.0 Å². The van der Waals surface area contributed by atoms with Crippen LogP contribution >= 0.6 is 11.3 Å². The Hall–Kier alpha value is -2.40. The smallest absolute Gasteiger partial charge is 0.341 e. The molecule has 0 unspecified atom stereocenters. The number of thiophene rings is 1. The van der Waals surface area contributed by atoms with E-state index in [9.17, 15) is 9.59 Å². The maximum atomic E-state index is 12.4. The van der Waals surface area contributed by atoms with Crippen molar-refractivity contribution in [3.8, 4) is 0 Å². The van der Waals surface area contributed by atoms with E-state index in [1.807, 2.05) is 58.0 Å². The average molecular weight is 357 g/mol. The first kappa shape index (κ1) is 18.9. The summed E-state index contributed by atoms with van der Waals surface area (Å²) >= 11 is 1.40. The molecule has 1 amide bonds. The molecule has 1 aromatic carbocycles. The Balaban J connectivity index is 2.22. The predicted molar refractivity (Wildman–Crippen MR) is 103 cm³/mol. The van der Waals surface area contributed by atoms with Gasteiger partial charge < -0.3 is 10.1 Å². The van der Waals surface area contributed by atoms with Crippen molar-refractivity contribution in [3.05, 3.63) is 58.0 Å². The van der Waals surface area contributed by atoms with Crippen LogP contribution in [0.4, 0.5) is 5.00 Å². The lowest BCUT2D eigenvalue weighted by Gasteiger charge is -2.10. The van der Waals surface area contributed by atoms with E-state index in [0.717, 1.165) is 16.0 Å². The fraction of sp³-hybridized carbons (Fsp3) is 0.300. The Bertz CT molecular complexity index is 776. The van der Waals surface area contributed by atoms with Crippen molar-refractivity contribution >= 4 is 34.3 Å². The SMILES string of the molecule is CCc1c(C)sc(NC(=O)C=Cc2ccccc2)c1C(=O)OC(C)C. The monoisotopic (exact) mass is 357 g/mol. The van der Waals surface area contributed by atoms with Gasteiger partial charge in [0, 0.05) is 11.0 Å². The molecule has 2 rings (SSSR count). The third-order valence-corrected chi connectivity index (χ3v) is 4.64. The highest BCUT2D eigenvalue weighted by molar-refractivity contribution is 7.16. The molecule has 4 nitrogen and oxygen atoms in total. The lowest BCUT2D eigenvalue weighted by Crippen LogP contribution is -2.16. The minimum atomic E-state index is -0.390. The molecular formula is C20H23NO3S. The van der Waals surface area contributed by atoms with Gasteiger partial charge in [-0.3, -0.25) is 4.79 Å². The fourth-order valence-corrected chi connectivity index (χ4v) is 3.61. The quantitative estimate of drug-likeness (QED) is 0.595. The van der Waals surface area contributed by atoms with E-state index in [4.69, 9.17) is 4.74 Å². The van der Waals surface area contributed by atoms with Gasteiger partial charge in [0.05, 0.1) is 11.7 Å². The number of rotatable bonds is 6. The molecule has 1 aromatic heterocycles. The van der Waals surface area contributed by atoms with Crippen LogP contribution in [0.2, 0.25) is 0 Å². The van der Waals surface area contributed by atoms with Crippen LogP contribution in [-0.4, -0.2) is 18.0 Å². The largest absolute Gasteiger partial charge is 0.459 e. The molecule has 0 atom stereocenters. The highest BCUT2D eigenvalue weighted by Crippen LogP contribution is 2.34. The molecule has 0 saturated heterocycles. The summed E-state index contributed by atoms with van der Waals surface area (Å²) in [5.74, 6) is -0.662. The van der Waals surface area contributed by atoms with Gasteiger partial charge in [-0.1, -0.05) is 37.3 Å². The number of amides is 1. The second-order valence-electron chi connectivity index (χ2n) is 5.88. The summed E-state index contributed by atoms with van der Waals surface area (Å²) in [7, 11) is 0. The van der Waals surface area contributed by atoms with E-state index in [1.54, 1.807) is 6.08 Å². The number of ether oxygens (including phenoxy) is 1. The lowest BCUT2D eigenvalue weighted by atomic mass is 10.1. The first-order valence-electron chi connectivity index (χ1n) is 8.29. The van der Waals surface area contributed by atoms with Crippen molar-refractivity contribution in [2.75, 3.05) is 5.32 Å². The van der Waals surface area contributed by atoms with Gasteiger partial charge in [0.1, 0.15) is 5.00 Å². The number of hydrogen-bond acceptors (Lipinski definition) is 4. The molecule has 0 saturated carbocycles. The molecule has 0 aliphatic rings. The minimum absolute atomic E-state index is 0.209. The van der Waals surface area contributed by atoms with Gasteiger partial charge in [-0.25, -0.2) is 4.79 Å².